The lowest BCUT2D eigenvalue weighted by Gasteiger charge is -2.18. The lowest BCUT2D eigenvalue weighted by Crippen LogP contribution is -2.31. The molecule has 1 aromatic rings. The van der Waals surface area contributed by atoms with Gasteiger partial charge in [-0.05, 0) is 6.92 Å². The number of primary amides is 1. The Balaban J connectivity index is 2.95. The Bertz CT molecular complexity index is 352. The van der Waals surface area contributed by atoms with E-state index >= 15 is 0 Å². The molecule has 14 heavy (non-hydrogen) atoms. The number of carbonyl (C=O) groups is 1. The van der Waals surface area contributed by atoms with Crippen molar-refractivity contribution in [2.24, 2.45) is 5.73 Å². The van der Waals surface area contributed by atoms with E-state index in [1.54, 1.807) is 18.9 Å². The van der Waals surface area contributed by atoms with Crippen LogP contribution in [0.25, 0.3) is 0 Å². The molecule has 0 saturated carbocycles. The quantitative estimate of drug-likeness (QED) is 0.663. The molecule has 0 aliphatic rings. The summed E-state index contributed by atoms with van der Waals surface area (Å²) in [6.07, 6.45) is 1.36. The number of rotatable bonds is 3. The number of hydrogen-bond donors (Lipinski definition) is 2. The van der Waals surface area contributed by atoms with Gasteiger partial charge >= 0.3 is 0 Å². The number of nitrogens with two attached hydrogens (primary N) is 2. The molecule has 0 bridgehead atoms. The minimum atomic E-state index is -0.413. The molecule has 0 saturated heterocycles. The summed E-state index contributed by atoms with van der Waals surface area (Å²) in [6, 6.07) is 0. The van der Waals surface area contributed by atoms with Gasteiger partial charge in [0.05, 0.1) is 6.54 Å². The first kappa shape index (κ1) is 10.2. The summed E-state index contributed by atoms with van der Waals surface area (Å²) in [7, 11) is 1.72. The maximum Gasteiger partial charge on any atom is 0.236 e. The second-order valence-electron chi connectivity index (χ2n) is 3.03. The summed E-state index contributed by atoms with van der Waals surface area (Å²) in [6.45, 7) is 1.90. The van der Waals surface area contributed by atoms with E-state index in [0.29, 0.717) is 11.6 Å². The molecule has 1 rings (SSSR count). The summed E-state index contributed by atoms with van der Waals surface area (Å²) in [5, 5.41) is 0. The lowest BCUT2D eigenvalue weighted by atomic mass is 10.3. The van der Waals surface area contributed by atoms with Crippen LogP contribution >= 0.6 is 0 Å². The Morgan fingerprint density at radius 1 is 1.57 bits per heavy atom. The average molecular weight is 195 g/mol. The highest BCUT2D eigenvalue weighted by Gasteiger charge is 2.10. The first-order chi connectivity index (χ1) is 6.52. The Kier molecular flexibility index (Phi) is 2.85. The van der Waals surface area contributed by atoms with Crippen molar-refractivity contribution in [2.45, 2.75) is 6.92 Å². The molecule has 0 atom stereocenters. The minimum Gasteiger partial charge on any atom is -0.383 e. The van der Waals surface area contributed by atoms with Crippen molar-refractivity contribution in [2.75, 3.05) is 24.2 Å². The molecule has 1 amide bonds. The fraction of sp³-hybridized carbons (Fsp3) is 0.375. The first-order valence-electron chi connectivity index (χ1n) is 4.09. The molecule has 0 aliphatic heterocycles. The predicted molar refractivity (Wildman–Crippen MR) is 53.6 cm³/mol. The summed E-state index contributed by atoms with van der Waals surface area (Å²) in [4.78, 5) is 20.2. The van der Waals surface area contributed by atoms with Crippen LogP contribution < -0.4 is 16.4 Å². The van der Waals surface area contributed by atoms with Crippen molar-refractivity contribution in [1.29, 1.82) is 0 Å². The van der Waals surface area contributed by atoms with Crippen LogP contribution in [-0.4, -0.2) is 29.5 Å². The molecule has 0 fully saturated rings. The zero-order valence-corrected chi connectivity index (χ0v) is 8.19. The van der Waals surface area contributed by atoms with Crippen molar-refractivity contribution in [1.82, 2.24) is 9.97 Å². The molecular formula is C8H13N5O. The van der Waals surface area contributed by atoms with Crippen LogP contribution in [0.4, 0.5) is 11.6 Å². The topological polar surface area (TPSA) is 98.1 Å². The fourth-order valence-corrected chi connectivity index (χ4v) is 1.15. The van der Waals surface area contributed by atoms with Crippen LogP contribution in [0.5, 0.6) is 0 Å². The highest BCUT2D eigenvalue weighted by atomic mass is 16.1. The maximum absolute atomic E-state index is 10.7. The van der Waals surface area contributed by atoms with Gasteiger partial charge in [0.15, 0.2) is 0 Å². The van der Waals surface area contributed by atoms with Crippen LogP contribution in [0.15, 0.2) is 6.33 Å². The molecule has 0 unspecified atom stereocenters. The molecule has 4 N–H and O–H groups in total. The monoisotopic (exact) mass is 195 g/mol. The van der Waals surface area contributed by atoms with E-state index in [1.807, 2.05) is 0 Å². The van der Waals surface area contributed by atoms with Crippen molar-refractivity contribution in [3.05, 3.63) is 11.9 Å². The number of hydrogen-bond acceptors (Lipinski definition) is 5. The number of likely N-dealkylation sites (N-methyl/N-ethyl adjacent to an activating group) is 1. The first-order valence-corrected chi connectivity index (χ1v) is 4.09. The Hall–Kier alpha value is -1.85. The van der Waals surface area contributed by atoms with Crippen LogP contribution in [0.2, 0.25) is 0 Å². The molecular weight excluding hydrogens is 182 g/mol. The summed E-state index contributed by atoms with van der Waals surface area (Å²) in [5.74, 6) is 0.617. The zero-order chi connectivity index (χ0) is 10.7. The van der Waals surface area contributed by atoms with Crippen LogP contribution in [-0.2, 0) is 4.79 Å². The summed E-state index contributed by atoms with van der Waals surface area (Å²) >= 11 is 0. The van der Waals surface area contributed by atoms with Gasteiger partial charge < -0.3 is 16.4 Å². The van der Waals surface area contributed by atoms with Gasteiger partial charge in [-0.25, -0.2) is 9.97 Å². The third-order valence-electron chi connectivity index (χ3n) is 1.85. The SMILES string of the molecule is Cc1c(N)ncnc1N(C)CC(N)=O. The van der Waals surface area contributed by atoms with E-state index in [-0.39, 0.29) is 6.54 Å². The number of carbonyl (C=O) groups excluding carboxylic acids is 1. The molecule has 1 heterocycles. The van der Waals surface area contributed by atoms with E-state index in [9.17, 15) is 4.79 Å². The van der Waals surface area contributed by atoms with Gasteiger partial charge in [-0.3, -0.25) is 4.79 Å². The number of nitrogens with zero attached hydrogens (tertiary/aromatic N) is 3. The minimum absolute atomic E-state index is 0.108. The molecule has 0 aromatic carbocycles. The van der Waals surface area contributed by atoms with Crippen molar-refractivity contribution < 1.29 is 4.79 Å². The van der Waals surface area contributed by atoms with Gasteiger partial charge in [0, 0.05) is 12.6 Å². The van der Waals surface area contributed by atoms with E-state index in [0.717, 1.165) is 5.56 Å². The smallest absolute Gasteiger partial charge is 0.236 e. The Morgan fingerprint density at radius 3 is 2.79 bits per heavy atom. The van der Waals surface area contributed by atoms with Gasteiger partial charge in [-0.1, -0.05) is 0 Å². The Labute approximate surface area is 81.9 Å². The molecule has 0 radical (unpaired) electrons. The largest absolute Gasteiger partial charge is 0.383 e. The molecule has 6 heteroatoms. The molecule has 0 aliphatic carbocycles. The molecule has 0 spiro atoms. The highest BCUT2D eigenvalue weighted by molar-refractivity contribution is 5.79. The zero-order valence-electron chi connectivity index (χ0n) is 8.19. The van der Waals surface area contributed by atoms with Gasteiger partial charge in [-0.15, -0.1) is 0 Å². The molecule has 1 aromatic heterocycles. The molecule has 6 nitrogen and oxygen atoms in total. The average Bonchev–Trinajstić information content (AvgIpc) is 2.08. The van der Waals surface area contributed by atoms with Gasteiger partial charge in [0.2, 0.25) is 5.91 Å². The van der Waals surface area contributed by atoms with E-state index in [4.69, 9.17) is 11.5 Å². The second kappa shape index (κ2) is 3.91. The van der Waals surface area contributed by atoms with Crippen molar-refractivity contribution in [3.8, 4) is 0 Å². The predicted octanol–water partition coefficient (Wildman–Crippen LogP) is -0.711. The lowest BCUT2D eigenvalue weighted by molar-refractivity contribution is -0.116. The number of nitrogen functional groups attached to an aromatic ring is 1. The van der Waals surface area contributed by atoms with Crippen LogP contribution in [0.1, 0.15) is 5.56 Å². The maximum atomic E-state index is 10.7. The third kappa shape index (κ3) is 2.09. The van der Waals surface area contributed by atoms with Crippen molar-refractivity contribution in [3.63, 3.8) is 0 Å². The number of amides is 1. The van der Waals surface area contributed by atoms with Gasteiger partial charge in [0.25, 0.3) is 0 Å². The van der Waals surface area contributed by atoms with Gasteiger partial charge in [0.1, 0.15) is 18.0 Å². The normalized spacial score (nSPS) is 9.86. The highest BCUT2D eigenvalue weighted by Crippen LogP contribution is 2.17. The third-order valence-corrected chi connectivity index (χ3v) is 1.85. The second-order valence-corrected chi connectivity index (χ2v) is 3.03. The van der Waals surface area contributed by atoms with E-state index in [1.165, 1.54) is 6.33 Å². The number of anilines is 2. The standard InChI is InChI=1S/C8H13N5O/c1-5-7(10)11-4-12-8(5)13(2)3-6(9)14/h4H,3H2,1-2H3,(H2,9,14)(H2,10,11,12). The Morgan fingerprint density at radius 2 is 2.21 bits per heavy atom. The van der Waals surface area contributed by atoms with Crippen molar-refractivity contribution >= 4 is 17.5 Å². The van der Waals surface area contributed by atoms with E-state index in [2.05, 4.69) is 9.97 Å². The molecule has 76 valence electrons. The van der Waals surface area contributed by atoms with Crippen LogP contribution in [0, 0.1) is 6.92 Å². The number of aromatic nitrogens is 2. The van der Waals surface area contributed by atoms with E-state index < -0.39 is 5.91 Å². The van der Waals surface area contributed by atoms with Gasteiger partial charge in [-0.2, -0.15) is 0 Å². The van der Waals surface area contributed by atoms with Crippen LogP contribution in [0.3, 0.4) is 0 Å². The summed E-state index contributed by atoms with van der Waals surface area (Å²) < 4.78 is 0. The summed E-state index contributed by atoms with van der Waals surface area (Å²) in [5.41, 5.74) is 11.4. The fourth-order valence-electron chi connectivity index (χ4n) is 1.15.